The first-order valence-corrected chi connectivity index (χ1v) is 4.55. The first-order chi connectivity index (χ1) is 7.25. The van der Waals surface area contributed by atoms with Crippen LogP contribution in [0.5, 0.6) is 0 Å². The second-order valence-corrected chi connectivity index (χ2v) is 3.19. The Morgan fingerprint density at radius 1 is 1.67 bits per heavy atom. The summed E-state index contributed by atoms with van der Waals surface area (Å²) in [7, 11) is 0. The van der Waals surface area contributed by atoms with Gasteiger partial charge in [-0.2, -0.15) is 0 Å². The van der Waals surface area contributed by atoms with Gasteiger partial charge in [0.25, 0.3) is 6.54 Å². The molecular weight excluding hydrogens is 200 g/mol. The number of rotatable bonds is 4. The molecule has 0 unspecified atom stereocenters. The van der Waals surface area contributed by atoms with Crippen molar-refractivity contribution in [2.24, 2.45) is 4.99 Å². The molecule has 0 spiro atoms. The lowest BCUT2D eigenvalue weighted by Crippen LogP contribution is -2.32. The van der Waals surface area contributed by atoms with E-state index in [1.807, 2.05) is 4.90 Å². The van der Waals surface area contributed by atoms with Gasteiger partial charge in [0.15, 0.2) is 11.6 Å². The maximum atomic E-state index is 10.4. The predicted molar refractivity (Wildman–Crippen MR) is 51.1 cm³/mol. The Labute approximate surface area is 85.5 Å². The van der Waals surface area contributed by atoms with Gasteiger partial charge in [-0.1, -0.05) is 5.16 Å². The highest BCUT2D eigenvalue weighted by atomic mass is 16.6. The average Bonchev–Trinajstić information content (AvgIpc) is 2.78. The molecule has 1 aliphatic heterocycles. The Morgan fingerprint density at radius 2 is 2.53 bits per heavy atom. The minimum Gasteiger partial charge on any atom is -0.360 e. The first-order valence-electron chi connectivity index (χ1n) is 4.55. The summed E-state index contributed by atoms with van der Waals surface area (Å²) in [5, 5.41) is 13.9. The minimum absolute atomic E-state index is 0.228. The van der Waals surface area contributed by atoms with Crippen LogP contribution in [0.25, 0.3) is 0 Å². The third-order valence-corrected chi connectivity index (χ3v) is 2.14. The molecule has 15 heavy (non-hydrogen) atoms. The van der Waals surface area contributed by atoms with Crippen molar-refractivity contribution in [3.05, 3.63) is 28.1 Å². The number of nitro groups is 1. The lowest BCUT2D eigenvalue weighted by molar-refractivity contribution is -0.464. The Bertz CT molecular complexity index is 373. The van der Waals surface area contributed by atoms with Crippen LogP contribution in [0.4, 0.5) is 0 Å². The fourth-order valence-corrected chi connectivity index (χ4v) is 1.48. The van der Waals surface area contributed by atoms with Crippen molar-refractivity contribution in [2.75, 3.05) is 19.6 Å². The standard InChI is InChI=1S/C8H10N4O3/c13-12(14)6-8-9-3-4-11(8)5-7-1-2-10-15-7/h1-2H,3-6H2. The van der Waals surface area contributed by atoms with E-state index in [4.69, 9.17) is 4.52 Å². The molecule has 1 aromatic rings. The molecule has 0 fully saturated rings. The molecule has 2 heterocycles. The van der Waals surface area contributed by atoms with Crippen LogP contribution in [0, 0.1) is 10.1 Å². The highest BCUT2D eigenvalue weighted by Gasteiger charge is 2.22. The molecule has 0 amide bonds. The smallest absolute Gasteiger partial charge is 0.260 e. The molecule has 1 aliphatic rings. The van der Waals surface area contributed by atoms with Crippen molar-refractivity contribution < 1.29 is 9.45 Å². The topological polar surface area (TPSA) is 84.8 Å². The fraction of sp³-hybridized carbons (Fsp3) is 0.500. The quantitative estimate of drug-likeness (QED) is 0.522. The molecule has 0 radical (unpaired) electrons. The summed E-state index contributed by atoms with van der Waals surface area (Å²) in [5.74, 6) is 1.20. The summed E-state index contributed by atoms with van der Waals surface area (Å²) < 4.78 is 4.93. The predicted octanol–water partition coefficient (Wildman–Crippen LogP) is 0.165. The van der Waals surface area contributed by atoms with E-state index >= 15 is 0 Å². The molecule has 2 rings (SSSR count). The lowest BCUT2D eigenvalue weighted by Gasteiger charge is -2.15. The third kappa shape index (κ3) is 2.30. The van der Waals surface area contributed by atoms with Gasteiger partial charge < -0.3 is 9.42 Å². The van der Waals surface area contributed by atoms with E-state index in [-0.39, 0.29) is 11.5 Å². The van der Waals surface area contributed by atoms with Crippen LogP contribution < -0.4 is 0 Å². The second kappa shape index (κ2) is 4.07. The summed E-state index contributed by atoms with van der Waals surface area (Å²) in [5.41, 5.74) is 0. The largest absolute Gasteiger partial charge is 0.360 e. The van der Waals surface area contributed by atoms with Crippen molar-refractivity contribution in [3.8, 4) is 0 Å². The fourth-order valence-electron chi connectivity index (χ4n) is 1.48. The summed E-state index contributed by atoms with van der Waals surface area (Å²) >= 11 is 0. The molecule has 7 heteroatoms. The van der Waals surface area contributed by atoms with E-state index in [9.17, 15) is 10.1 Å². The van der Waals surface area contributed by atoms with E-state index in [1.54, 1.807) is 12.3 Å². The van der Waals surface area contributed by atoms with Gasteiger partial charge in [-0.15, -0.1) is 0 Å². The Morgan fingerprint density at radius 3 is 3.20 bits per heavy atom. The van der Waals surface area contributed by atoms with E-state index in [2.05, 4.69) is 10.1 Å². The summed E-state index contributed by atoms with van der Waals surface area (Å²) in [6.07, 6.45) is 1.55. The highest BCUT2D eigenvalue weighted by Crippen LogP contribution is 2.08. The molecule has 0 aliphatic carbocycles. The molecule has 0 aromatic carbocycles. The maximum Gasteiger partial charge on any atom is 0.260 e. The van der Waals surface area contributed by atoms with E-state index in [0.29, 0.717) is 31.2 Å². The molecule has 1 aromatic heterocycles. The van der Waals surface area contributed by atoms with E-state index in [1.165, 1.54) is 0 Å². The van der Waals surface area contributed by atoms with Gasteiger partial charge in [0.1, 0.15) is 0 Å². The molecule has 80 valence electrons. The molecule has 0 saturated heterocycles. The van der Waals surface area contributed by atoms with Gasteiger partial charge in [-0.3, -0.25) is 15.1 Å². The van der Waals surface area contributed by atoms with Gasteiger partial charge in [-0.05, 0) is 0 Å². The SMILES string of the molecule is O=[N+]([O-])CC1=NCCN1Cc1ccno1. The zero-order valence-corrected chi connectivity index (χ0v) is 8.00. The van der Waals surface area contributed by atoms with Crippen LogP contribution in [0.2, 0.25) is 0 Å². The highest BCUT2D eigenvalue weighted by molar-refractivity contribution is 5.84. The summed E-state index contributed by atoms with van der Waals surface area (Å²) in [6, 6.07) is 1.74. The van der Waals surface area contributed by atoms with Crippen molar-refractivity contribution in [1.82, 2.24) is 10.1 Å². The molecule has 0 bridgehead atoms. The van der Waals surface area contributed by atoms with Gasteiger partial charge >= 0.3 is 0 Å². The second-order valence-electron chi connectivity index (χ2n) is 3.19. The molecule has 7 nitrogen and oxygen atoms in total. The van der Waals surface area contributed by atoms with E-state index < -0.39 is 0 Å². The lowest BCUT2D eigenvalue weighted by atomic mass is 10.4. The summed E-state index contributed by atoms with van der Waals surface area (Å²) in [6.45, 7) is 1.57. The van der Waals surface area contributed by atoms with Crippen LogP contribution in [-0.4, -0.2) is 40.4 Å². The first kappa shape index (κ1) is 9.63. The summed E-state index contributed by atoms with van der Waals surface area (Å²) in [4.78, 5) is 15.9. The zero-order valence-electron chi connectivity index (χ0n) is 8.00. The molecule has 0 saturated carbocycles. The molecule has 0 atom stereocenters. The number of hydrogen-bond acceptors (Lipinski definition) is 6. The number of hydrogen-bond donors (Lipinski definition) is 0. The van der Waals surface area contributed by atoms with Crippen molar-refractivity contribution in [3.63, 3.8) is 0 Å². The van der Waals surface area contributed by atoms with Crippen molar-refractivity contribution >= 4 is 5.84 Å². The number of aromatic nitrogens is 1. The molecule has 0 N–H and O–H groups in total. The Kier molecular flexibility index (Phi) is 2.61. The zero-order chi connectivity index (χ0) is 10.7. The number of amidine groups is 1. The molecular formula is C8H10N4O3. The minimum atomic E-state index is -0.377. The van der Waals surface area contributed by atoms with Gasteiger partial charge in [0.2, 0.25) is 0 Å². The number of nitrogens with zero attached hydrogens (tertiary/aromatic N) is 4. The average molecular weight is 210 g/mol. The van der Waals surface area contributed by atoms with Crippen LogP contribution in [0.1, 0.15) is 5.76 Å². The third-order valence-electron chi connectivity index (χ3n) is 2.14. The van der Waals surface area contributed by atoms with Crippen LogP contribution in [0.3, 0.4) is 0 Å². The van der Waals surface area contributed by atoms with E-state index in [0.717, 1.165) is 0 Å². The monoisotopic (exact) mass is 210 g/mol. The van der Waals surface area contributed by atoms with Gasteiger partial charge in [-0.25, -0.2) is 0 Å². The van der Waals surface area contributed by atoms with Gasteiger partial charge in [0.05, 0.1) is 19.3 Å². The van der Waals surface area contributed by atoms with Crippen LogP contribution in [0.15, 0.2) is 21.8 Å². The van der Waals surface area contributed by atoms with Crippen LogP contribution in [-0.2, 0) is 6.54 Å². The van der Waals surface area contributed by atoms with Crippen molar-refractivity contribution in [1.29, 1.82) is 0 Å². The number of aliphatic imine (C=N–C) groups is 1. The van der Waals surface area contributed by atoms with Crippen LogP contribution >= 0.6 is 0 Å². The Balaban J connectivity index is 1.98. The maximum absolute atomic E-state index is 10.4. The van der Waals surface area contributed by atoms with Crippen molar-refractivity contribution in [2.45, 2.75) is 6.54 Å². The normalized spacial score (nSPS) is 15.5. The Hall–Kier alpha value is -1.92. The van der Waals surface area contributed by atoms with Gasteiger partial charge in [0, 0.05) is 17.5 Å².